The zero-order valence-electron chi connectivity index (χ0n) is 17.0. The van der Waals surface area contributed by atoms with Gasteiger partial charge in [-0.05, 0) is 45.3 Å². The predicted molar refractivity (Wildman–Crippen MR) is 111 cm³/mol. The lowest BCUT2D eigenvalue weighted by molar-refractivity contribution is -0.126. The lowest BCUT2D eigenvalue weighted by Gasteiger charge is -2.31. The first-order valence-electron chi connectivity index (χ1n) is 9.79. The molecule has 1 saturated heterocycles. The molecule has 156 valence electrons. The Hall–Kier alpha value is -2.45. The highest BCUT2D eigenvalue weighted by Gasteiger charge is 2.36. The SMILES string of the molecule is Cc1noc(/C=C/c2ccccc2)c1S(=O)(=O)N1CCC[C@H](C(=O)NC(C)C)C1. The Morgan fingerprint density at radius 2 is 2.00 bits per heavy atom. The van der Waals surface area contributed by atoms with E-state index in [1.54, 1.807) is 19.1 Å². The zero-order valence-corrected chi connectivity index (χ0v) is 17.8. The van der Waals surface area contributed by atoms with Crippen molar-refractivity contribution in [2.24, 2.45) is 5.92 Å². The molecular formula is C21H27N3O4S. The Balaban J connectivity index is 1.85. The molecule has 2 heterocycles. The molecule has 8 heteroatoms. The van der Waals surface area contributed by atoms with E-state index in [0.717, 1.165) is 5.56 Å². The number of aryl methyl sites for hydroxylation is 1. The summed E-state index contributed by atoms with van der Waals surface area (Å²) in [6, 6.07) is 9.56. The number of amides is 1. The topological polar surface area (TPSA) is 92.5 Å². The first-order valence-corrected chi connectivity index (χ1v) is 11.2. The van der Waals surface area contributed by atoms with Crippen LogP contribution in [-0.4, -0.2) is 42.9 Å². The van der Waals surface area contributed by atoms with Crippen LogP contribution in [0.15, 0.2) is 39.8 Å². The summed E-state index contributed by atoms with van der Waals surface area (Å²) in [4.78, 5) is 12.5. The lowest BCUT2D eigenvalue weighted by atomic mass is 9.98. The van der Waals surface area contributed by atoms with Crippen molar-refractivity contribution in [1.29, 1.82) is 0 Å². The van der Waals surface area contributed by atoms with E-state index in [2.05, 4.69) is 10.5 Å². The predicted octanol–water partition coefficient (Wildman–Crippen LogP) is 3.08. The zero-order chi connectivity index (χ0) is 21.0. The Morgan fingerprint density at radius 1 is 1.28 bits per heavy atom. The minimum absolute atomic E-state index is 0.0181. The number of piperidine rings is 1. The first-order chi connectivity index (χ1) is 13.8. The summed E-state index contributed by atoms with van der Waals surface area (Å²) in [5, 5.41) is 6.75. The van der Waals surface area contributed by atoms with Gasteiger partial charge in [0.05, 0.1) is 5.92 Å². The normalized spacial score (nSPS) is 18.4. The number of nitrogens with one attached hydrogen (secondary N) is 1. The van der Waals surface area contributed by atoms with E-state index in [1.807, 2.05) is 44.2 Å². The van der Waals surface area contributed by atoms with E-state index in [9.17, 15) is 13.2 Å². The van der Waals surface area contributed by atoms with Gasteiger partial charge in [-0.1, -0.05) is 41.6 Å². The van der Waals surface area contributed by atoms with Crippen molar-refractivity contribution in [1.82, 2.24) is 14.8 Å². The largest absolute Gasteiger partial charge is 0.355 e. The molecule has 1 amide bonds. The van der Waals surface area contributed by atoms with E-state index < -0.39 is 10.0 Å². The van der Waals surface area contributed by atoms with Crippen molar-refractivity contribution in [2.45, 2.75) is 44.6 Å². The van der Waals surface area contributed by atoms with Gasteiger partial charge < -0.3 is 9.84 Å². The second-order valence-electron chi connectivity index (χ2n) is 7.57. The molecule has 1 aliphatic heterocycles. The maximum absolute atomic E-state index is 13.4. The summed E-state index contributed by atoms with van der Waals surface area (Å²) in [6.07, 6.45) is 4.71. The molecule has 1 atom stereocenters. The second kappa shape index (κ2) is 8.92. The highest BCUT2D eigenvalue weighted by molar-refractivity contribution is 7.89. The standard InChI is InChI=1S/C21H27N3O4S/c1-15(2)22-21(25)18-10-7-13-24(14-18)29(26,27)20-16(3)23-28-19(20)12-11-17-8-5-4-6-9-17/h4-6,8-9,11-12,15,18H,7,10,13-14H2,1-3H3,(H,22,25)/b12-11+/t18-/m0/s1. The highest BCUT2D eigenvalue weighted by atomic mass is 32.2. The van der Waals surface area contributed by atoms with Crippen LogP contribution in [0.2, 0.25) is 0 Å². The average molecular weight is 418 g/mol. The third-order valence-electron chi connectivity index (χ3n) is 4.84. The summed E-state index contributed by atoms with van der Waals surface area (Å²) >= 11 is 0. The number of rotatable bonds is 6. The second-order valence-corrected chi connectivity index (χ2v) is 9.45. The molecule has 2 aromatic rings. The summed E-state index contributed by atoms with van der Waals surface area (Å²) in [6.45, 7) is 5.93. The van der Waals surface area contributed by atoms with Crippen LogP contribution in [0.1, 0.15) is 43.7 Å². The number of hydrogen-bond acceptors (Lipinski definition) is 5. The van der Waals surface area contributed by atoms with Crippen LogP contribution in [0.4, 0.5) is 0 Å². The summed E-state index contributed by atoms with van der Waals surface area (Å²) in [5.41, 5.74) is 1.24. The molecule has 0 unspecified atom stereocenters. The van der Waals surface area contributed by atoms with Crippen LogP contribution in [0.25, 0.3) is 12.2 Å². The average Bonchev–Trinajstić information content (AvgIpc) is 3.08. The van der Waals surface area contributed by atoms with Crippen LogP contribution in [-0.2, 0) is 14.8 Å². The molecule has 0 saturated carbocycles. The Bertz CT molecular complexity index is 981. The Kier molecular flexibility index (Phi) is 6.54. The number of carbonyl (C=O) groups is 1. The van der Waals surface area contributed by atoms with Gasteiger partial charge in [0.25, 0.3) is 0 Å². The highest BCUT2D eigenvalue weighted by Crippen LogP contribution is 2.29. The van der Waals surface area contributed by atoms with Crippen molar-refractivity contribution in [2.75, 3.05) is 13.1 Å². The number of sulfonamides is 1. The fourth-order valence-electron chi connectivity index (χ4n) is 3.44. The first kappa shape index (κ1) is 21.3. The number of carbonyl (C=O) groups excluding carboxylic acids is 1. The smallest absolute Gasteiger partial charge is 0.248 e. The van der Waals surface area contributed by atoms with Crippen molar-refractivity contribution in [3.8, 4) is 0 Å². The van der Waals surface area contributed by atoms with Crippen molar-refractivity contribution in [3.05, 3.63) is 47.3 Å². The summed E-state index contributed by atoms with van der Waals surface area (Å²) in [5.74, 6) is -0.268. The van der Waals surface area contributed by atoms with Gasteiger partial charge in [-0.3, -0.25) is 4.79 Å². The minimum Gasteiger partial charge on any atom is -0.355 e. The van der Waals surface area contributed by atoms with Gasteiger partial charge in [-0.15, -0.1) is 0 Å². The van der Waals surface area contributed by atoms with Crippen LogP contribution < -0.4 is 5.32 Å². The fourth-order valence-corrected chi connectivity index (χ4v) is 5.21. The molecule has 1 N–H and O–H groups in total. The summed E-state index contributed by atoms with van der Waals surface area (Å²) < 4.78 is 33.4. The van der Waals surface area contributed by atoms with E-state index in [1.165, 1.54) is 4.31 Å². The third-order valence-corrected chi connectivity index (χ3v) is 6.87. The van der Waals surface area contributed by atoms with Gasteiger partial charge in [0.15, 0.2) is 10.7 Å². The number of hydrogen-bond donors (Lipinski definition) is 1. The molecule has 1 aliphatic rings. The van der Waals surface area contributed by atoms with Gasteiger partial charge in [0.1, 0.15) is 5.69 Å². The molecule has 0 aliphatic carbocycles. The molecular weight excluding hydrogens is 390 g/mol. The van der Waals surface area contributed by atoms with Gasteiger partial charge in [-0.2, -0.15) is 4.31 Å². The van der Waals surface area contributed by atoms with Gasteiger partial charge in [0, 0.05) is 19.1 Å². The molecule has 1 aromatic carbocycles. The number of benzene rings is 1. The van der Waals surface area contributed by atoms with E-state index in [4.69, 9.17) is 4.52 Å². The lowest BCUT2D eigenvalue weighted by Crippen LogP contribution is -2.46. The maximum atomic E-state index is 13.4. The molecule has 3 rings (SSSR count). The molecule has 1 fully saturated rings. The molecule has 0 radical (unpaired) electrons. The number of aromatic nitrogens is 1. The van der Waals surface area contributed by atoms with Crippen molar-refractivity contribution >= 4 is 28.1 Å². The van der Waals surface area contributed by atoms with Crippen LogP contribution in [0.5, 0.6) is 0 Å². The van der Waals surface area contributed by atoms with Gasteiger partial charge >= 0.3 is 0 Å². The third kappa shape index (κ3) is 4.94. The minimum atomic E-state index is -3.83. The van der Waals surface area contributed by atoms with E-state index in [0.29, 0.717) is 25.1 Å². The van der Waals surface area contributed by atoms with Crippen LogP contribution in [0.3, 0.4) is 0 Å². The quantitative estimate of drug-likeness (QED) is 0.780. The van der Waals surface area contributed by atoms with Crippen molar-refractivity contribution < 1.29 is 17.7 Å². The maximum Gasteiger partial charge on any atom is 0.248 e. The molecule has 29 heavy (non-hydrogen) atoms. The molecule has 0 bridgehead atoms. The fraction of sp³-hybridized carbons (Fsp3) is 0.429. The molecule has 7 nitrogen and oxygen atoms in total. The Labute approximate surface area is 171 Å². The van der Waals surface area contributed by atoms with Crippen molar-refractivity contribution in [3.63, 3.8) is 0 Å². The van der Waals surface area contributed by atoms with Gasteiger partial charge in [0.2, 0.25) is 15.9 Å². The Morgan fingerprint density at radius 3 is 2.69 bits per heavy atom. The van der Waals surface area contributed by atoms with Crippen LogP contribution in [0, 0.1) is 12.8 Å². The van der Waals surface area contributed by atoms with Crippen LogP contribution >= 0.6 is 0 Å². The van der Waals surface area contributed by atoms with E-state index >= 15 is 0 Å². The number of nitrogens with zero attached hydrogens (tertiary/aromatic N) is 2. The summed E-state index contributed by atoms with van der Waals surface area (Å²) in [7, 11) is -3.83. The monoisotopic (exact) mass is 417 g/mol. The van der Waals surface area contributed by atoms with Gasteiger partial charge in [-0.25, -0.2) is 8.42 Å². The molecule has 1 aromatic heterocycles. The molecule has 0 spiro atoms. The van der Waals surface area contributed by atoms with E-state index in [-0.39, 0.29) is 35.1 Å².